The Hall–Kier alpha value is -0.630. The van der Waals surface area contributed by atoms with Crippen LogP contribution < -0.4 is 0 Å². The topological polar surface area (TPSA) is 37.3 Å². The second kappa shape index (κ2) is 4.68. The molecule has 116 valence electrons. The van der Waals surface area contributed by atoms with Crippen LogP contribution in [-0.4, -0.2) is 17.0 Å². The Labute approximate surface area is 128 Å². The zero-order valence-corrected chi connectivity index (χ0v) is 13.3. The highest BCUT2D eigenvalue weighted by molar-refractivity contribution is 5.91. The van der Waals surface area contributed by atoms with Gasteiger partial charge in [-0.1, -0.05) is 19.4 Å². The first-order valence-electron chi connectivity index (χ1n) is 8.92. The maximum atomic E-state index is 11.8. The second-order valence-corrected chi connectivity index (χ2v) is 8.50. The van der Waals surface area contributed by atoms with Crippen molar-refractivity contribution in [3.05, 3.63) is 11.6 Å². The van der Waals surface area contributed by atoms with Crippen molar-refractivity contribution in [2.24, 2.45) is 35.0 Å². The SMILES string of the molecule is CC1CC2=CC(=O)CCC2C2CC[C@]3(C)C(O)CCC3C12. The highest BCUT2D eigenvalue weighted by Crippen LogP contribution is 2.62. The Morgan fingerprint density at radius 2 is 2.05 bits per heavy atom. The van der Waals surface area contributed by atoms with Crippen LogP contribution in [0.15, 0.2) is 11.6 Å². The highest BCUT2D eigenvalue weighted by atomic mass is 16.3. The zero-order valence-electron chi connectivity index (χ0n) is 13.3. The summed E-state index contributed by atoms with van der Waals surface area (Å²) < 4.78 is 0. The van der Waals surface area contributed by atoms with Crippen LogP contribution in [0.4, 0.5) is 0 Å². The molecule has 0 aromatic heterocycles. The average molecular weight is 288 g/mol. The minimum atomic E-state index is -0.0828. The monoisotopic (exact) mass is 288 g/mol. The molecule has 0 bridgehead atoms. The molecule has 0 aromatic rings. The normalized spacial score (nSPS) is 52.7. The predicted molar refractivity (Wildman–Crippen MR) is 82.6 cm³/mol. The van der Waals surface area contributed by atoms with Crippen molar-refractivity contribution in [1.82, 2.24) is 0 Å². The van der Waals surface area contributed by atoms with E-state index in [1.54, 1.807) is 0 Å². The Balaban J connectivity index is 1.68. The van der Waals surface area contributed by atoms with Crippen molar-refractivity contribution in [2.45, 2.75) is 64.9 Å². The number of fused-ring (bicyclic) bond motifs is 5. The summed E-state index contributed by atoms with van der Waals surface area (Å²) in [5.41, 5.74) is 1.63. The molecule has 0 amide bonds. The molecule has 0 saturated heterocycles. The molecule has 0 aromatic carbocycles. The molecule has 4 rings (SSSR count). The van der Waals surface area contributed by atoms with E-state index in [9.17, 15) is 9.90 Å². The van der Waals surface area contributed by atoms with Gasteiger partial charge < -0.3 is 5.11 Å². The molecule has 4 aliphatic rings. The minimum Gasteiger partial charge on any atom is -0.393 e. The van der Waals surface area contributed by atoms with E-state index in [4.69, 9.17) is 0 Å². The Morgan fingerprint density at radius 3 is 2.86 bits per heavy atom. The highest BCUT2D eigenvalue weighted by Gasteiger charge is 2.57. The lowest BCUT2D eigenvalue weighted by molar-refractivity contribution is -0.116. The minimum absolute atomic E-state index is 0.0828. The van der Waals surface area contributed by atoms with Gasteiger partial charge in [0.15, 0.2) is 5.78 Å². The van der Waals surface area contributed by atoms with Crippen LogP contribution in [0.3, 0.4) is 0 Å². The van der Waals surface area contributed by atoms with Gasteiger partial charge in [0.1, 0.15) is 0 Å². The van der Waals surface area contributed by atoms with Gasteiger partial charge in [0, 0.05) is 6.42 Å². The van der Waals surface area contributed by atoms with Gasteiger partial charge in [-0.05, 0) is 79.6 Å². The summed E-state index contributed by atoms with van der Waals surface area (Å²) in [5.74, 6) is 3.96. The number of hydrogen-bond donors (Lipinski definition) is 1. The fourth-order valence-electron chi connectivity index (χ4n) is 6.56. The largest absolute Gasteiger partial charge is 0.393 e. The molecule has 21 heavy (non-hydrogen) atoms. The van der Waals surface area contributed by atoms with E-state index in [2.05, 4.69) is 13.8 Å². The summed E-state index contributed by atoms with van der Waals surface area (Å²) in [5, 5.41) is 10.5. The fraction of sp³-hybridized carbons (Fsp3) is 0.842. The number of allylic oxidation sites excluding steroid dienone is 1. The predicted octanol–water partition coefficient (Wildman–Crippen LogP) is 3.74. The molecule has 7 atom stereocenters. The molecule has 4 aliphatic carbocycles. The third-order valence-corrected chi connectivity index (χ3v) is 7.59. The number of rotatable bonds is 0. The maximum absolute atomic E-state index is 11.8. The third-order valence-electron chi connectivity index (χ3n) is 7.59. The smallest absolute Gasteiger partial charge is 0.155 e. The molecule has 2 nitrogen and oxygen atoms in total. The first-order chi connectivity index (χ1) is 10.0. The number of aliphatic hydroxyl groups excluding tert-OH is 1. The van der Waals surface area contributed by atoms with E-state index >= 15 is 0 Å². The number of carbonyl (C=O) groups excluding carboxylic acids is 1. The average Bonchev–Trinajstić information content (AvgIpc) is 2.74. The van der Waals surface area contributed by atoms with E-state index < -0.39 is 0 Å². The fourth-order valence-corrected chi connectivity index (χ4v) is 6.56. The van der Waals surface area contributed by atoms with Crippen LogP contribution in [0.1, 0.15) is 58.8 Å². The summed E-state index contributed by atoms with van der Waals surface area (Å²) in [4.78, 5) is 11.8. The Morgan fingerprint density at radius 1 is 1.24 bits per heavy atom. The molecule has 0 heterocycles. The third kappa shape index (κ3) is 1.91. The standard InChI is InChI=1S/C19H28O2/c1-11-9-12-10-13(20)3-4-14(12)15-7-8-19(2)16(18(11)15)5-6-17(19)21/h10-11,14-18,21H,3-9H2,1-2H3/t11?,14?,15?,16?,17?,18?,19-/m0/s1. The Bertz CT molecular complexity index is 494. The summed E-state index contributed by atoms with van der Waals surface area (Å²) in [6.07, 6.45) is 9.54. The van der Waals surface area contributed by atoms with E-state index in [1.807, 2.05) is 6.08 Å². The van der Waals surface area contributed by atoms with Gasteiger partial charge in [0.05, 0.1) is 6.10 Å². The van der Waals surface area contributed by atoms with Crippen LogP contribution >= 0.6 is 0 Å². The van der Waals surface area contributed by atoms with Gasteiger partial charge in [-0.15, -0.1) is 0 Å². The van der Waals surface area contributed by atoms with Gasteiger partial charge in [0.2, 0.25) is 0 Å². The molecule has 3 saturated carbocycles. The van der Waals surface area contributed by atoms with E-state index in [1.165, 1.54) is 24.8 Å². The number of aliphatic hydroxyl groups is 1. The number of hydrogen-bond acceptors (Lipinski definition) is 2. The van der Waals surface area contributed by atoms with Crippen LogP contribution in [-0.2, 0) is 4.79 Å². The quantitative estimate of drug-likeness (QED) is 0.737. The van der Waals surface area contributed by atoms with E-state index in [0.29, 0.717) is 23.5 Å². The molecule has 0 spiro atoms. The lowest BCUT2D eigenvalue weighted by atomic mass is 9.49. The van der Waals surface area contributed by atoms with Crippen LogP contribution in [0.5, 0.6) is 0 Å². The van der Waals surface area contributed by atoms with Gasteiger partial charge >= 0.3 is 0 Å². The van der Waals surface area contributed by atoms with Crippen molar-refractivity contribution < 1.29 is 9.90 Å². The summed E-state index contributed by atoms with van der Waals surface area (Å²) in [7, 11) is 0. The van der Waals surface area contributed by atoms with E-state index in [-0.39, 0.29) is 11.5 Å². The van der Waals surface area contributed by atoms with Crippen molar-refractivity contribution in [3.8, 4) is 0 Å². The van der Waals surface area contributed by atoms with Gasteiger partial charge in [-0.2, -0.15) is 0 Å². The molecule has 6 unspecified atom stereocenters. The summed E-state index contributed by atoms with van der Waals surface area (Å²) >= 11 is 0. The lowest BCUT2D eigenvalue weighted by Gasteiger charge is -2.55. The first-order valence-corrected chi connectivity index (χ1v) is 8.92. The van der Waals surface area contributed by atoms with Crippen molar-refractivity contribution in [1.29, 1.82) is 0 Å². The molecular weight excluding hydrogens is 260 g/mol. The Kier molecular flexibility index (Phi) is 3.12. The number of ketones is 1. The molecule has 2 heteroatoms. The summed E-state index contributed by atoms with van der Waals surface area (Å²) in [6.45, 7) is 4.73. The molecule has 0 aliphatic heterocycles. The molecular formula is C19H28O2. The number of carbonyl (C=O) groups is 1. The summed E-state index contributed by atoms with van der Waals surface area (Å²) in [6, 6.07) is 0. The van der Waals surface area contributed by atoms with Gasteiger partial charge in [-0.3, -0.25) is 4.79 Å². The zero-order chi connectivity index (χ0) is 14.8. The molecule has 1 N–H and O–H groups in total. The second-order valence-electron chi connectivity index (χ2n) is 8.50. The van der Waals surface area contributed by atoms with Crippen molar-refractivity contribution in [2.75, 3.05) is 0 Å². The van der Waals surface area contributed by atoms with Gasteiger partial charge in [-0.25, -0.2) is 0 Å². The van der Waals surface area contributed by atoms with Crippen LogP contribution in [0, 0.1) is 35.0 Å². The van der Waals surface area contributed by atoms with Crippen LogP contribution in [0.25, 0.3) is 0 Å². The van der Waals surface area contributed by atoms with Crippen LogP contribution in [0.2, 0.25) is 0 Å². The van der Waals surface area contributed by atoms with Crippen molar-refractivity contribution in [3.63, 3.8) is 0 Å². The first kappa shape index (κ1) is 14.0. The lowest BCUT2D eigenvalue weighted by Crippen LogP contribution is -2.50. The maximum Gasteiger partial charge on any atom is 0.155 e. The van der Waals surface area contributed by atoms with Gasteiger partial charge in [0.25, 0.3) is 0 Å². The molecule has 0 radical (unpaired) electrons. The van der Waals surface area contributed by atoms with E-state index in [0.717, 1.165) is 37.5 Å². The van der Waals surface area contributed by atoms with Crippen molar-refractivity contribution >= 4 is 5.78 Å². The molecule has 3 fully saturated rings.